The number of methoxy groups -OCH3 is 2. The third-order valence-corrected chi connectivity index (χ3v) is 2.72. The molecule has 0 unspecified atom stereocenters. The maximum Gasteiger partial charge on any atom is 0.253 e. The van der Waals surface area contributed by atoms with E-state index in [2.05, 4.69) is 0 Å². The zero-order valence-electron chi connectivity index (χ0n) is 10.2. The average molecular weight is 247 g/mol. The van der Waals surface area contributed by atoms with E-state index in [1.54, 1.807) is 25.3 Å². The van der Waals surface area contributed by atoms with E-state index in [0.29, 0.717) is 11.5 Å². The molecule has 0 atom stereocenters. The molecule has 0 fully saturated rings. The molecule has 1 aromatic rings. The predicted octanol–water partition coefficient (Wildman–Crippen LogP) is 1.13. The van der Waals surface area contributed by atoms with Crippen molar-refractivity contribution in [3.05, 3.63) is 35.9 Å². The van der Waals surface area contributed by atoms with Gasteiger partial charge in [0.1, 0.15) is 11.5 Å². The zero-order chi connectivity index (χ0) is 13.1. The molecule has 0 radical (unpaired) electrons. The Bertz CT molecular complexity index is 504. The second-order valence-corrected chi connectivity index (χ2v) is 3.77. The van der Waals surface area contributed by atoms with Crippen molar-refractivity contribution in [2.75, 3.05) is 14.2 Å². The fourth-order valence-corrected chi connectivity index (χ4v) is 1.74. The fourth-order valence-electron chi connectivity index (χ4n) is 1.74. The second kappa shape index (κ2) is 4.91. The molecule has 18 heavy (non-hydrogen) atoms. The standard InChI is InChI=1S/C13H13NO4/c1-17-10-4-3-9(11(7-10)18-2)8-14-12(15)5-6-13(14)16/h3-7H,8H2,1-2H3. The molecule has 1 aliphatic rings. The summed E-state index contributed by atoms with van der Waals surface area (Å²) in [4.78, 5) is 24.1. The number of imide groups is 1. The molecule has 1 heterocycles. The summed E-state index contributed by atoms with van der Waals surface area (Å²) in [5, 5.41) is 0. The Morgan fingerprint density at radius 2 is 1.72 bits per heavy atom. The van der Waals surface area contributed by atoms with Crippen LogP contribution in [0, 0.1) is 0 Å². The van der Waals surface area contributed by atoms with Gasteiger partial charge in [0.2, 0.25) is 0 Å². The lowest BCUT2D eigenvalue weighted by atomic mass is 10.1. The summed E-state index contributed by atoms with van der Waals surface area (Å²) in [6.07, 6.45) is 2.52. The van der Waals surface area contributed by atoms with Gasteiger partial charge in [-0.25, -0.2) is 0 Å². The third kappa shape index (κ3) is 2.20. The van der Waals surface area contributed by atoms with Crippen molar-refractivity contribution in [1.29, 1.82) is 0 Å². The minimum atomic E-state index is -0.308. The first-order valence-corrected chi connectivity index (χ1v) is 5.40. The van der Waals surface area contributed by atoms with E-state index in [1.807, 2.05) is 0 Å². The van der Waals surface area contributed by atoms with Crippen LogP contribution >= 0.6 is 0 Å². The van der Waals surface area contributed by atoms with Crippen LogP contribution in [0.4, 0.5) is 0 Å². The molecule has 5 nitrogen and oxygen atoms in total. The lowest BCUT2D eigenvalue weighted by molar-refractivity contribution is -0.137. The number of nitrogens with zero attached hydrogens (tertiary/aromatic N) is 1. The molecule has 5 heteroatoms. The van der Waals surface area contributed by atoms with Gasteiger partial charge in [-0.05, 0) is 12.1 Å². The SMILES string of the molecule is COc1ccc(CN2C(=O)C=CC2=O)c(OC)c1. The summed E-state index contributed by atoms with van der Waals surface area (Å²) in [5.74, 6) is 0.630. The van der Waals surface area contributed by atoms with Gasteiger partial charge in [0.25, 0.3) is 11.8 Å². The van der Waals surface area contributed by atoms with Crippen molar-refractivity contribution in [2.24, 2.45) is 0 Å². The summed E-state index contributed by atoms with van der Waals surface area (Å²) in [7, 11) is 3.09. The number of hydrogen-bond donors (Lipinski definition) is 0. The topological polar surface area (TPSA) is 55.8 Å². The van der Waals surface area contributed by atoms with Gasteiger partial charge in [0.05, 0.1) is 20.8 Å². The van der Waals surface area contributed by atoms with E-state index in [9.17, 15) is 9.59 Å². The normalized spacial score (nSPS) is 14.2. The molecule has 2 rings (SSSR count). The van der Waals surface area contributed by atoms with Gasteiger partial charge in [0, 0.05) is 23.8 Å². The van der Waals surface area contributed by atoms with Crippen molar-refractivity contribution >= 4 is 11.8 Å². The maximum atomic E-state index is 11.5. The fraction of sp³-hybridized carbons (Fsp3) is 0.231. The number of hydrogen-bond acceptors (Lipinski definition) is 4. The van der Waals surface area contributed by atoms with Crippen LogP contribution in [0.15, 0.2) is 30.4 Å². The number of rotatable bonds is 4. The lowest BCUT2D eigenvalue weighted by Crippen LogP contribution is -2.29. The lowest BCUT2D eigenvalue weighted by Gasteiger charge is -2.16. The molecule has 2 amide bonds. The van der Waals surface area contributed by atoms with Crippen LogP contribution in [0.1, 0.15) is 5.56 Å². The molecule has 0 saturated carbocycles. The minimum Gasteiger partial charge on any atom is -0.497 e. The molecule has 0 aliphatic carbocycles. The first-order valence-electron chi connectivity index (χ1n) is 5.40. The molecule has 0 N–H and O–H groups in total. The van der Waals surface area contributed by atoms with Crippen molar-refractivity contribution in [2.45, 2.75) is 6.54 Å². The number of ether oxygens (including phenoxy) is 2. The number of amides is 2. The summed E-state index contributed by atoms with van der Waals surface area (Å²) in [6.45, 7) is 0.192. The average Bonchev–Trinajstić information content (AvgIpc) is 2.71. The monoisotopic (exact) mass is 247 g/mol. The van der Waals surface area contributed by atoms with E-state index in [0.717, 1.165) is 10.5 Å². The van der Waals surface area contributed by atoms with Crippen LogP contribution in [0.3, 0.4) is 0 Å². The molecular formula is C13H13NO4. The largest absolute Gasteiger partial charge is 0.497 e. The van der Waals surface area contributed by atoms with Crippen LogP contribution in [0.5, 0.6) is 11.5 Å². The number of carbonyl (C=O) groups is 2. The summed E-state index contributed by atoms with van der Waals surface area (Å²) >= 11 is 0. The first kappa shape index (κ1) is 12.2. The van der Waals surface area contributed by atoms with Crippen LogP contribution in [0.2, 0.25) is 0 Å². The Morgan fingerprint density at radius 3 is 2.28 bits per heavy atom. The highest BCUT2D eigenvalue weighted by Gasteiger charge is 2.24. The molecular weight excluding hydrogens is 234 g/mol. The Balaban J connectivity index is 2.24. The van der Waals surface area contributed by atoms with Gasteiger partial charge in [-0.2, -0.15) is 0 Å². The van der Waals surface area contributed by atoms with Gasteiger partial charge in [-0.15, -0.1) is 0 Å². The van der Waals surface area contributed by atoms with Gasteiger partial charge in [-0.3, -0.25) is 14.5 Å². The van der Waals surface area contributed by atoms with Crippen LogP contribution in [0.25, 0.3) is 0 Å². The summed E-state index contributed by atoms with van der Waals surface area (Å²) < 4.78 is 10.3. The van der Waals surface area contributed by atoms with Gasteiger partial charge < -0.3 is 9.47 Å². The number of benzene rings is 1. The minimum absolute atomic E-state index is 0.192. The van der Waals surface area contributed by atoms with E-state index in [1.165, 1.54) is 19.3 Å². The Hall–Kier alpha value is -2.30. The Kier molecular flexibility index (Phi) is 3.32. The van der Waals surface area contributed by atoms with E-state index in [-0.39, 0.29) is 18.4 Å². The predicted molar refractivity (Wildman–Crippen MR) is 64.2 cm³/mol. The van der Waals surface area contributed by atoms with Crippen LogP contribution in [-0.2, 0) is 16.1 Å². The van der Waals surface area contributed by atoms with E-state index >= 15 is 0 Å². The van der Waals surface area contributed by atoms with Crippen molar-refractivity contribution in [3.8, 4) is 11.5 Å². The third-order valence-electron chi connectivity index (χ3n) is 2.72. The highest BCUT2D eigenvalue weighted by Crippen LogP contribution is 2.26. The highest BCUT2D eigenvalue weighted by atomic mass is 16.5. The van der Waals surface area contributed by atoms with Gasteiger partial charge >= 0.3 is 0 Å². The van der Waals surface area contributed by atoms with E-state index < -0.39 is 0 Å². The molecule has 1 aliphatic heterocycles. The van der Waals surface area contributed by atoms with Crippen LogP contribution in [-0.4, -0.2) is 30.9 Å². The summed E-state index contributed by atoms with van der Waals surface area (Å²) in [5.41, 5.74) is 0.753. The first-order chi connectivity index (χ1) is 8.65. The maximum absolute atomic E-state index is 11.5. The molecule has 0 bridgehead atoms. The highest BCUT2D eigenvalue weighted by molar-refractivity contribution is 6.12. The van der Waals surface area contributed by atoms with Crippen LogP contribution < -0.4 is 9.47 Å². The van der Waals surface area contributed by atoms with Crippen molar-refractivity contribution < 1.29 is 19.1 Å². The second-order valence-electron chi connectivity index (χ2n) is 3.77. The molecule has 0 aromatic heterocycles. The van der Waals surface area contributed by atoms with Gasteiger partial charge in [0.15, 0.2) is 0 Å². The van der Waals surface area contributed by atoms with Gasteiger partial charge in [-0.1, -0.05) is 0 Å². The quantitative estimate of drug-likeness (QED) is 0.748. The van der Waals surface area contributed by atoms with Crippen molar-refractivity contribution in [3.63, 3.8) is 0 Å². The molecule has 0 saturated heterocycles. The Morgan fingerprint density at radius 1 is 1.06 bits per heavy atom. The molecule has 94 valence electrons. The smallest absolute Gasteiger partial charge is 0.253 e. The number of carbonyl (C=O) groups excluding carboxylic acids is 2. The Labute approximate surface area is 105 Å². The molecule has 1 aromatic carbocycles. The zero-order valence-corrected chi connectivity index (χ0v) is 10.2. The van der Waals surface area contributed by atoms with E-state index in [4.69, 9.17) is 9.47 Å². The summed E-state index contributed by atoms with van der Waals surface area (Å²) in [6, 6.07) is 5.25. The van der Waals surface area contributed by atoms with Crippen molar-refractivity contribution in [1.82, 2.24) is 4.90 Å². The molecule has 0 spiro atoms.